The highest BCUT2D eigenvalue weighted by atomic mass is 28.4. The van der Waals surface area contributed by atoms with Crippen LogP contribution >= 0.6 is 0 Å². The van der Waals surface area contributed by atoms with Crippen molar-refractivity contribution >= 4 is 14.3 Å². The van der Waals surface area contributed by atoms with Gasteiger partial charge in [0.1, 0.15) is 18.9 Å². The molecule has 3 heterocycles. The number of nitrogens with zero attached hydrogens (tertiary/aromatic N) is 1. The molecule has 1 aromatic heterocycles. The van der Waals surface area contributed by atoms with Crippen LogP contribution in [0.5, 0.6) is 0 Å². The van der Waals surface area contributed by atoms with Crippen LogP contribution in [-0.2, 0) is 18.7 Å². The Morgan fingerprint density at radius 2 is 2.04 bits per heavy atom. The van der Waals surface area contributed by atoms with Gasteiger partial charge in [-0.3, -0.25) is 19.1 Å². The second-order valence-corrected chi connectivity index (χ2v) is 12.7. The van der Waals surface area contributed by atoms with Gasteiger partial charge in [-0.15, -0.1) is 0 Å². The highest BCUT2D eigenvalue weighted by Crippen LogP contribution is 2.43. The fourth-order valence-corrected chi connectivity index (χ4v) is 8.71. The number of H-pyrrole nitrogens is 1. The van der Waals surface area contributed by atoms with Crippen molar-refractivity contribution in [2.24, 2.45) is 0 Å². The van der Waals surface area contributed by atoms with E-state index in [4.69, 9.17) is 13.9 Å². The third-order valence-corrected chi connectivity index (χ3v) is 11.3. The lowest BCUT2D eigenvalue weighted by atomic mass is 10.2. The van der Waals surface area contributed by atoms with E-state index < -0.39 is 31.9 Å². The minimum atomic E-state index is -1.90. The average Bonchev–Trinajstić information content (AvgIpc) is 3.24. The summed E-state index contributed by atoms with van der Waals surface area (Å²) in [4.78, 5) is 37.6. The van der Waals surface area contributed by atoms with Crippen LogP contribution in [0.2, 0.25) is 17.6 Å². The summed E-state index contributed by atoms with van der Waals surface area (Å²) in [6, 6.07) is 2.26. The lowest BCUT2D eigenvalue weighted by Crippen LogP contribution is -2.45. The standard InChI is InChI=1S/C19H30N2O6Si/c1-12(2)28(7-5-6-8-28)27-15-9-17(26-16(15)11-25-14(4)22)21-10-13(3)18(23)20-19(21)24/h10,12,15-17H,5-9,11H2,1-4H3,(H,20,23,24)/t15?,16-,17-/m0/s1. The molecule has 3 rings (SSSR count). The summed E-state index contributed by atoms with van der Waals surface area (Å²) >= 11 is 0. The summed E-state index contributed by atoms with van der Waals surface area (Å²) in [7, 11) is -1.90. The number of carbonyl (C=O) groups excluding carboxylic acids is 1. The second kappa shape index (κ2) is 8.34. The van der Waals surface area contributed by atoms with E-state index in [1.165, 1.54) is 30.5 Å². The maximum atomic E-state index is 12.3. The predicted octanol–water partition coefficient (Wildman–Crippen LogP) is 2.23. The fourth-order valence-electron chi connectivity index (χ4n) is 4.25. The molecule has 2 aliphatic rings. The largest absolute Gasteiger partial charge is 0.463 e. The van der Waals surface area contributed by atoms with Crippen LogP contribution in [0.15, 0.2) is 15.8 Å². The molecule has 2 saturated heterocycles. The number of aromatic amines is 1. The Balaban J connectivity index is 1.85. The molecule has 0 aromatic carbocycles. The molecule has 28 heavy (non-hydrogen) atoms. The molecule has 0 bridgehead atoms. The van der Waals surface area contributed by atoms with Crippen molar-refractivity contribution in [2.45, 2.75) is 83.0 Å². The number of esters is 1. The summed E-state index contributed by atoms with van der Waals surface area (Å²) in [6.07, 6.45) is 3.14. The summed E-state index contributed by atoms with van der Waals surface area (Å²) in [5, 5.41) is 0. The van der Waals surface area contributed by atoms with E-state index in [9.17, 15) is 14.4 Å². The monoisotopic (exact) mass is 410 g/mol. The van der Waals surface area contributed by atoms with Gasteiger partial charge in [0.2, 0.25) is 0 Å². The Labute approximate surface area is 165 Å². The molecule has 1 unspecified atom stereocenters. The Bertz CT molecular complexity index is 826. The zero-order chi connectivity index (χ0) is 20.5. The SMILES string of the molecule is CC(=O)OC[C@@H]1O[C@H](n2cc(C)c(=O)[nH]c2=O)CC1O[Si]1(C(C)C)CCCC1. The average molecular weight is 411 g/mol. The first kappa shape index (κ1) is 21.0. The van der Waals surface area contributed by atoms with Gasteiger partial charge < -0.3 is 13.9 Å². The van der Waals surface area contributed by atoms with Crippen LogP contribution in [0.3, 0.4) is 0 Å². The first-order chi connectivity index (χ1) is 13.2. The van der Waals surface area contributed by atoms with Gasteiger partial charge in [0, 0.05) is 25.1 Å². The summed E-state index contributed by atoms with van der Waals surface area (Å²) in [6.45, 7) is 7.55. The third-order valence-electron chi connectivity index (χ3n) is 5.98. The van der Waals surface area contributed by atoms with Gasteiger partial charge in [0.15, 0.2) is 8.32 Å². The van der Waals surface area contributed by atoms with E-state index in [2.05, 4.69) is 18.8 Å². The lowest BCUT2D eigenvalue weighted by molar-refractivity contribution is -0.147. The maximum absolute atomic E-state index is 12.3. The number of aromatic nitrogens is 2. The van der Waals surface area contributed by atoms with Crippen LogP contribution in [0, 0.1) is 6.92 Å². The highest BCUT2D eigenvalue weighted by molar-refractivity contribution is 6.75. The predicted molar refractivity (Wildman–Crippen MR) is 106 cm³/mol. The Kier molecular flexibility index (Phi) is 6.26. The summed E-state index contributed by atoms with van der Waals surface area (Å²) < 4.78 is 19.4. The Hall–Kier alpha value is -1.71. The normalized spacial score (nSPS) is 26.7. The van der Waals surface area contributed by atoms with Crippen LogP contribution in [0.1, 0.15) is 51.8 Å². The van der Waals surface area contributed by atoms with E-state index in [0.29, 0.717) is 17.5 Å². The lowest BCUT2D eigenvalue weighted by Gasteiger charge is -2.35. The van der Waals surface area contributed by atoms with Crippen LogP contribution < -0.4 is 11.2 Å². The van der Waals surface area contributed by atoms with Gasteiger partial charge in [-0.2, -0.15) is 0 Å². The van der Waals surface area contributed by atoms with Gasteiger partial charge in [0.05, 0.1) is 6.10 Å². The van der Waals surface area contributed by atoms with Crippen molar-refractivity contribution in [1.29, 1.82) is 0 Å². The van der Waals surface area contributed by atoms with Crippen LogP contribution in [0.25, 0.3) is 0 Å². The number of carbonyl (C=O) groups is 1. The smallest absolute Gasteiger partial charge is 0.330 e. The molecule has 0 aliphatic carbocycles. The summed E-state index contributed by atoms with van der Waals surface area (Å²) in [5.41, 5.74) is 0.0131. The van der Waals surface area contributed by atoms with Gasteiger partial charge in [-0.05, 0) is 24.6 Å². The first-order valence-electron chi connectivity index (χ1n) is 10.0. The zero-order valence-electron chi connectivity index (χ0n) is 17.0. The highest BCUT2D eigenvalue weighted by Gasteiger charge is 2.48. The van der Waals surface area contributed by atoms with Crippen molar-refractivity contribution in [2.75, 3.05) is 6.61 Å². The van der Waals surface area contributed by atoms with Crippen molar-refractivity contribution in [1.82, 2.24) is 9.55 Å². The van der Waals surface area contributed by atoms with E-state index in [0.717, 1.165) is 12.1 Å². The van der Waals surface area contributed by atoms with Gasteiger partial charge in [-0.25, -0.2) is 4.79 Å². The molecule has 0 amide bonds. The molecule has 1 aromatic rings. The maximum Gasteiger partial charge on any atom is 0.330 e. The third kappa shape index (κ3) is 4.31. The van der Waals surface area contributed by atoms with Crippen LogP contribution in [-0.4, -0.2) is 42.7 Å². The molecular weight excluding hydrogens is 380 g/mol. The number of nitrogens with one attached hydrogen (secondary N) is 1. The minimum Gasteiger partial charge on any atom is -0.463 e. The molecule has 1 N–H and O–H groups in total. The van der Waals surface area contributed by atoms with Gasteiger partial charge in [0.25, 0.3) is 5.56 Å². The molecule has 2 fully saturated rings. The number of hydrogen-bond acceptors (Lipinski definition) is 6. The Morgan fingerprint density at radius 1 is 1.36 bits per heavy atom. The van der Waals surface area contributed by atoms with Crippen LogP contribution in [0.4, 0.5) is 0 Å². The molecular formula is C19H30N2O6Si. The number of hydrogen-bond donors (Lipinski definition) is 1. The molecule has 2 aliphatic heterocycles. The molecule has 8 nitrogen and oxygen atoms in total. The van der Waals surface area contributed by atoms with E-state index in [1.807, 2.05) is 0 Å². The number of rotatable bonds is 6. The molecule has 0 spiro atoms. The molecule has 9 heteroatoms. The first-order valence-corrected chi connectivity index (χ1v) is 12.4. The fraction of sp³-hybridized carbons (Fsp3) is 0.737. The van der Waals surface area contributed by atoms with Crippen molar-refractivity contribution in [3.8, 4) is 0 Å². The second-order valence-electron chi connectivity index (χ2n) is 8.23. The molecule has 3 atom stereocenters. The quantitative estimate of drug-likeness (QED) is 0.570. The summed E-state index contributed by atoms with van der Waals surface area (Å²) in [5.74, 6) is -0.375. The zero-order valence-corrected chi connectivity index (χ0v) is 18.0. The molecule has 0 saturated carbocycles. The van der Waals surface area contributed by atoms with E-state index in [1.54, 1.807) is 6.92 Å². The van der Waals surface area contributed by atoms with Gasteiger partial charge in [-0.1, -0.05) is 26.7 Å². The number of aryl methyl sites for hydroxylation is 1. The van der Waals surface area contributed by atoms with Crippen molar-refractivity contribution < 1.29 is 18.7 Å². The topological polar surface area (TPSA) is 99.6 Å². The van der Waals surface area contributed by atoms with Crippen molar-refractivity contribution in [3.05, 3.63) is 32.6 Å². The van der Waals surface area contributed by atoms with E-state index in [-0.39, 0.29) is 18.7 Å². The Morgan fingerprint density at radius 3 is 2.64 bits per heavy atom. The minimum absolute atomic E-state index is 0.0934. The molecule has 156 valence electrons. The van der Waals surface area contributed by atoms with Gasteiger partial charge >= 0.3 is 11.7 Å². The molecule has 0 radical (unpaired) electrons. The number of ether oxygens (including phenoxy) is 2. The van der Waals surface area contributed by atoms with Crippen molar-refractivity contribution in [3.63, 3.8) is 0 Å². The van der Waals surface area contributed by atoms with E-state index >= 15 is 0 Å².